The molecule has 6 nitrogen and oxygen atoms in total. The fourth-order valence-corrected chi connectivity index (χ4v) is 1.14. The lowest BCUT2D eigenvalue weighted by Crippen LogP contribution is -2.25. The minimum atomic E-state index is -1.25. The first-order valence-corrected chi connectivity index (χ1v) is 5.10. The second-order valence-electron chi connectivity index (χ2n) is 3.29. The Morgan fingerprint density at radius 2 is 2.11 bits per heavy atom. The molecule has 0 saturated heterocycles. The zero-order valence-electron chi connectivity index (χ0n) is 9.92. The summed E-state index contributed by atoms with van der Waals surface area (Å²) in [5, 5.41) is 12.4. The largest absolute Gasteiger partial charge is 0.476 e. The topological polar surface area (TPSA) is 80.1 Å². The van der Waals surface area contributed by atoms with E-state index >= 15 is 0 Å². The Labute approximate surface area is 104 Å². The summed E-state index contributed by atoms with van der Waals surface area (Å²) < 4.78 is 0. The summed E-state index contributed by atoms with van der Waals surface area (Å²) in [5.41, 5.74) is 2.85. The first-order valence-electron chi connectivity index (χ1n) is 5.10. The van der Waals surface area contributed by atoms with E-state index in [2.05, 4.69) is 22.1 Å². The Morgan fingerprint density at radius 3 is 2.67 bits per heavy atom. The van der Waals surface area contributed by atoms with Crippen LogP contribution < -0.4 is 5.48 Å². The molecule has 18 heavy (non-hydrogen) atoms. The summed E-state index contributed by atoms with van der Waals surface area (Å²) in [7, 11) is 1.34. The van der Waals surface area contributed by atoms with Crippen LogP contribution in [0.2, 0.25) is 0 Å². The highest BCUT2D eigenvalue weighted by molar-refractivity contribution is 6.41. The van der Waals surface area contributed by atoms with Gasteiger partial charge in [0.25, 0.3) is 0 Å². The molecule has 0 heterocycles. The third-order valence-corrected chi connectivity index (χ3v) is 1.94. The molecule has 0 amide bonds. The number of hydroxylamine groups is 1. The van der Waals surface area contributed by atoms with Crippen molar-refractivity contribution < 1.29 is 19.6 Å². The zero-order valence-corrected chi connectivity index (χ0v) is 9.92. The van der Waals surface area contributed by atoms with E-state index in [4.69, 9.17) is 9.94 Å². The molecule has 0 unspecified atom stereocenters. The van der Waals surface area contributed by atoms with Crippen LogP contribution in [-0.4, -0.2) is 23.9 Å². The van der Waals surface area contributed by atoms with E-state index in [-0.39, 0.29) is 18.0 Å². The van der Waals surface area contributed by atoms with Gasteiger partial charge in [0, 0.05) is 0 Å². The molecule has 0 aliphatic carbocycles. The molecule has 0 spiro atoms. The van der Waals surface area contributed by atoms with Crippen LogP contribution in [0.4, 0.5) is 0 Å². The average molecular weight is 250 g/mol. The molecule has 0 bridgehead atoms. The van der Waals surface area contributed by atoms with Crippen LogP contribution in [0, 0.1) is 0 Å². The van der Waals surface area contributed by atoms with Crippen molar-refractivity contribution in [3.8, 4) is 0 Å². The number of carboxylic acid groups (broad SMARTS) is 1. The first-order chi connectivity index (χ1) is 8.65. The second kappa shape index (κ2) is 7.08. The van der Waals surface area contributed by atoms with Gasteiger partial charge in [-0.3, -0.25) is 10.3 Å². The van der Waals surface area contributed by atoms with E-state index < -0.39 is 5.97 Å². The Balaban J connectivity index is 2.61. The van der Waals surface area contributed by atoms with Crippen molar-refractivity contribution in [2.45, 2.75) is 6.61 Å². The standard InChI is InChI=1S/C12H14N2O4/c1-9(13-17-2)11(12(15)16)14-18-8-10-6-4-3-5-7-10/h3-7,13H,1,8H2,2H3,(H,15,16). The highest BCUT2D eigenvalue weighted by Crippen LogP contribution is 2.02. The van der Waals surface area contributed by atoms with Gasteiger partial charge in [0.2, 0.25) is 5.71 Å². The van der Waals surface area contributed by atoms with Gasteiger partial charge in [-0.05, 0) is 5.56 Å². The van der Waals surface area contributed by atoms with Crippen molar-refractivity contribution in [1.29, 1.82) is 0 Å². The summed E-state index contributed by atoms with van der Waals surface area (Å²) in [6.45, 7) is 3.64. The zero-order chi connectivity index (χ0) is 13.4. The SMILES string of the molecule is C=C(NOC)C(=NOCc1ccccc1)C(=O)O. The highest BCUT2D eigenvalue weighted by atomic mass is 16.6. The quantitative estimate of drug-likeness (QED) is 0.563. The summed E-state index contributed by atoms with van der Waals surface area (Å²) in [4.78, 5) is 20.4. The van der Waals surface area contributed by atoms with Gasteiger partial charge in [-0.15, -0.1) is 0 Å². The van der Waals surface area contributed by atoms with E-state index in [1.54, 1.807) is 0 Å². The third kappa shape index (κ3) is 4.26. The number of oxime groups is 1. The summed E-state index contributed by atoms with van der Waals surface area (Å²) in [6, 6.07) is 9.27. The number of hydrogen-bond acceptors (Lipinski definition) is 5. The van der Waals surface area contributed by atoms with Gasteiger partial charge in [-0.1, -0.05) is 42.1 Å². The van der Waals surface area contributed by atoms with Crippen LogP contribution in [0.25, 0.3) is 0 Å². The first kappa shape index (κ1) is 13.7. The Bertz CT molecular complexity index is 443. The van der Waals surface area contributed by atoms with Gasteiger partial charge in [-0.2, -0.15) is 0 Å². The molecule has 0 aliphatic heterocycles. The fourth-order valence-electron chi connectivity index (χ4n) is 1.14. The van der Waals surface area contributed by atoms with E-state index in [0.717, 1.165) is 5.56 Å². The maximum atomic E-state index is 10.9. The number of carbonyl (C=O) groups is 1. The molecular weight excluding hydrogens is 236 g/mol. The lowest BCUT2D eigenvalue weighted by molar-refractivity contribution is -0.129. The van der Waals surface area contributed by atoms with Crippen molar-refractivity contribution in [3.63, 3.8) is 0 Å². The third-order valence-electron chi connectivity index (χ3n) is 1.94. The van der Waals surface area contributed by atoms with Crippen LogP contribution in [0.5, 0.6) is 0 Å². The molecule has 0 fully saturated rings. The van der Waals surface area contributed by atoms with Crippen LogP contribution in [0.3, 0.4) is 0 Å². The predicted octanol–water partition coefficient (Wildman–Crippen LogP) is 1.31. The number of nitrogens with zero attached hydrogens (tertiary/aromatic N) is 1. The highest BCUT2D eigenvalue weighted by Gasteiger charge is 2.14. The van der Waals surface area contributed by atoms with Crippen LogP contribution in [0.1, 0.15) is 5.56 Å². The van der Waals surface area contributed by atoms with E-state index in [1.165, 1.54) is 7.11 Å². The van der Waals surface area contributed by atoms with Crippen molar-refractivity contribution >= 4 is 11.7 Å². The smallest absolute Gasteiger partial charge is 0.360 e. The molecule has 6 heteroatoms. The van der Waals surface area contributed by atoms with Crippen molar-refractivity contribution in [1.82, 2.24) is 5.48 Å². The van der Waals surface area contributed by atoms with E-state index in [9.17, 15) is 4.79 Å². The number of benzene rings is 1. The minimum Gasteiger partial charge on any atom is -0.476 e. The number of rotatable bonds is 7. The minimum absolute atomic E-state index is 0.0121. The van der Waals surface area contributed by atoms with Gasteiger partial charge < -0.3 is 9.94 Å². The monoisotopic (exact) mass is 250 g/mol. The van der Waals surface area contributed by atoms with Gasteiger partial charge in [-0.25, -0.2) is 4.79 Å². The van der Waals surface area contributed by atoms with Crippen LogP contribution >= 0.6 is 0 Å². The molecule has 1 aromatic carbocycles. The van der Waals surface area contributed by atoms with Gasteiger partial charge >= 0.3 is 5.97 Å². The molecule has 1 rings (SSSR count). The summed E-state index contributed by atoms with van der Waals surface area (Å²) in [5.74, 6) is -1.25. The summed E-state index contributed by atoms with van der Waals surface area (Å²) >= 11 is 0. The average Bonchev–Trinajstić information content (AvgIpc) is 2.35. The molecule has 2 N–H and O–H groups in total. The van der Waals surface area contributed by atoms with E-state index in [1.807, 2.05) is 30.3 Å². The maximum Gasteiger partial charge on any atom is 0.360 e. The second-order valence-corrected chi connectivity index (χ2v) is 3.29. The van der Waals surface area contributed by atoms with Gasteiger partial charge in [0.05, 0.1) is 12.8 Å². The molecule has 0 radical (unpaired) electrons. The normalized spacial score (nSPS) is 10.8. The molecule has 0 aliphatic rings. The Kier molecular flexibility index (Phi) is 5.40. The number of nitrogens with one attached hydrogen (secondary N) is 1. The molecular formula is C12H14N2O4. The summed E-state index contributed by atoms with van der Waals surface area (Å²) in [6.07, 6.45) is 0. The van der Waals surface area contributed by atoms with Crippen LogP contribution in [-0.2, 0) is 21.1 Å². The predicted molar refractivity (Wildman–Crippen MR) is 65.6 cm³/mol. The lowest BCUT2D eigenvalue weighted by Gasteiger charge is -2.06. The van der Waals surface area contributed by atoms with Crippen molar-refractivity contribution in [2.24, 2.45) is 5.16 Å². The molecule has 0 saturated carbocycles. The van der Waals surface area contributed by atoms with Gasteiger partial charge in [0.15, 0.2) is 0 Å². The number of carboxylic acids is 1. The molecule has 0 atom stereocenters. The maximum absolute atomic E-state index is 10.9. The molecule has 0 aromatic heterocycles. The molecule has 96 valence electrons. The number of hydrogen-bond donors (Lipinski definition) is 2. The fraction of sp³-hybridized carbons (Fsp3) is 0.167. The number of aliphatic carboxylic acids is 1. The van der Waals surface area contributed by atoms with Crippen LogP contribution in [0.15, 0.2) is 47.8 Å². The lowest BCUT2D eigenvalue weighted by atomic mass is 10.2. The van der Waals surface area contributed by atoms with E-state index in [0.29, 0.717) is 0 Å². The Morgan fingerprint density at radius 1 is 1.44 bits per heavy atom. The Hall–Kier alpha value is -2.34. The van der Waals surface area contributed by atoms with Crippen molar-refractivity contribution in [2.75, 3.05) is 7.11 Å². The van der Waals surface area contributed by atoms with Gasteiger partial charge in [0.1, 0.15) is 6.61 Å². The molecule has 1 aromatic rings. The van der Waals surface area contributed by atoms with Crippen molar-refractivity contribution in [3.05, 3.63) is 48.2 Å².